The number of benzene rings is 2. The van der Waals surface area contributed by atoms with Gasteiger partial charge in [0.15, 0.2) is 0 Å². The molecule has 7 heteroatoms. The fraction of sp³-hybridized carbons (Fsp3) is 0.318. The highest BCUT2D eigenvalue weighted by Gasteiger charge is 2.27. The maximum atomic E-state index is 12.2. The summed E-state index contributed by atoms with van der Waals surface area (Å²) in [6, 6.07) is 9.97. The summed E-state index contributed by atoms with van der Waals surface area (Å²) in [6.45, 7) is 0.691. The van der Waals surface area contributed by atoms with Crippen molar-refractivity contribution in [1.82, 2.24) is 4.98 Å². The molecule has 3 heterocycles. The number of aromatic nitrogens is 1. The van der Waals surface area contributed by atoms with Gasteiger partial charge >= 0.3 is 0 Å². The highest BCUT2D eigenvalue weighted by Crippen LogP contribution is 2.38. The molecule has 0 saturated carbocycles. The number of nitrogens with one attached hydrogen (secondary N) is 1. The van der Waals surface area contributed by atoms with Gasteiger partial charge in [-0.25, -0.2) is 8.42 Å². The van der Waals surface area contributed by atoms with Crippen LogP contribution in [0.1, 0.15) is 40.2 Å². The van der Waals surface area contributed by atoms with E-state index in [0.717, 1.165) is 39.8 Å². The van der Waals surface area contributed by atoms with Crippen LogP contribution in [0.5, 0.6) is 5.75 Å². The molecule has 1 amide bonds. The second-order valence-electron chi connectivity index (χ2n) is 7.90. The van der Waals surface area contributed by atoms with Gasteiger partial charge in [0.25, 0.3) is 5.91 Å². The maximum Gasteiger partial charge on any atom is 0.250 e. The van der Waals surface area contributed by atoms with Gasteiger partial charge in [-0.05, 0) is 65.3 Å². The minimum atomic E-state index is -2.93. The number of hydrogen-bond donors (Lipinski definition) is 2. The SMILES string of the molecule is NC(=O)c1cc(-c2ccc3c(c2)CCO3)cc2c(C3CCS(=O)(=O)CC3)c[nH]c12. The highest BCUT2D eigenvalue weighted by atomic mass is 32.2. The third kappa shape index (κ3) is 3.19. The summed E-state index contributed by atoms with van der Waals surface area (Å²) in [5.41, 5.74) is 11.0. The smallest absolute Gasteiger partial charge is 0.250 e. The Morgan fingerprint density at radius 2 is 1.90 bits per heavy atom. The van der Waals surface area contributed by atoms with Gasteiger partial charge in [0.2, 0.25) is 0 Å². The van der Waals surface area contributed by atoms with Crippen molar-refractivity contribution in [2.45, 2.75) is 25.2 Å². The van der Waals surface area contributed by atoms with Crippen molar-refractivity contribution in [2.24, 2.45) is 5.73 Å². The highest BCUT2D eigenvalue weighted by molar-refractivity contribution is 7.91. The number of aromatic amines is 1. The van der Waals surface area contributed by atoms with Crippen LogP contribution in [0.4, 0.5) is 0 Å². The first kappa shape index (κ1) is 18.2. The third-order valence-electron chi connectivity index (χ3n) is 6.10. The molecule has 0 radical (unpaired) electrons. The Kier molecular flexibility index (Phi) is 4.17. The molecule has 150 valence electrons. The van der Waals surface area contributed by atoms with Crippen molar-refractivity contribution < 1.29 is 17.9 Å². The molecule has 0 bridgehead atoms. The number of amides is 1. The Morgan fingerprint density at radius 3 is 2.66 bits per heavy atom. The molecular weight excluding hydrogens is 388 g/mol. The van der Waals surface area contributed by atoms with Crippen LogP contribution < -0.4 is 10.5 Å². The number of fused-ring (bicyclic) bond motifs is 2. The number of hydrogen-bond acceptors (Lipinski definition) is 4. The number of carbonyl (C=O) groups is 1. The molecule has 3 N–H and O–H groups in total. The molecule has 1 aromatic heterocycles. The second kappa shape index (κ2) is 6.62. The average molecular weight is 410 g/mol. The van der Waals surface area contributed by atoms with Crippen molar-refractivity contribution in [3.8, 4) is 16.9 Å². The molecule has 1 saturated heterocycles. The lowest BCUT2D eigenvalue weighted by Gasteiger charge is -2.21. The van der Waals surface area contributed by atoms with Crippen LogP contribution in [0.25, 0.3) is 22.0 Å². The predicted molar refractivity (Wildman–Crippen MR) is 112 cm³/mol. The lowest BCUT2D eigenvalue weighted by atomic mass is 9.90. The predicted octanol–water partition coefficient (Wildman–Crippen LogP) is 3.16. The van der Waals surface area contributed by atoms with Crippen LogP contribution in [-0.4, -0.2) is 37.4 Å². The molecule has 1 fully saturated rings. The van der Waals surface area contributed by atoms with Gasteiger partial charge in [0.05, 0.1) is 29.2 Å². The zero-order valence-electron chi connectivity index (χ0n) is 15.9. The standard InChI is InChI=1S/C22H22N2O4S/c23-22(25)18-11-16(14-1-2-20-15(9-14)3-6-28-20)10-17-19(12-24-21(17)18)13-4-7-29(26,27)8-5-13/h1-2,9-13,24H,3-8H2,(H2,23,25). The number of primary amides is 1. The van der Waals surface area contributed by atoms with E-state index in [2.05, 4.69) is 17.1 Å². The molecule has 3 aromatic rings. The van der Waals surface area contributed by atoms with Crippen LogP contribution in [-0.2, 0) is 16.3 Å². The van der Waals surface area contributed by atoms with Gasteiger partial charge in [-0.2, -0.15) is 0 Å². The molecule has 29 heavy (non-hydrogen) atoms. The Balaban J connectivity index is 1.63. The largest absolute Gasteiger partial charge is 0.493 e. The number of carbonyl (C=O) groups excluding carboxylic acids is 1. The number of H-pyrrole nitrogens is 1. The van der Waals surface area contributed by atoms with E-state index in [1.165, 1.54) is 0 Å². The summed E-state index contributed by atoms with van der Waals surface area (Å²) in [5, 5.41) is 0.942. The molecule has 6 nitrogen and oxygen atoms in total. The number of sulfone groups is 1. The van der Waals surface area contributed by atoms with Gasteiger partial charge < -0.3 is 15.5 Å². The average Bonchev–Trinajstić information content (AvgIpc) is 3.33. The zero-order chi connectivity index (χ0) is 20.2. The Labute approximate surface area is 169 Å². The van der Waals surface area contributed by atoms with Crippen molar-refractivity contribution in [3.63, 3.8) is 0 Å². The minimum absolute atomic E-state index is 0.150. The minimum Gasteiger partial charge on any atom is -0.493 e. The topological polar surface area (TPSA) is 102 Å². The maximum absolute atomic E-state index is 12.2. The van der Waals surface area contributed by atoms with Gasteiger partial charge in [-0.15, -0.1) is 0 Å². The molecule has 2 aliphatic rings. The summed E-state index contributed by atoms with van der Waals surface area (Å²) < 4.78 is 29.2. The second-order valence-corrected chi connectivity index (χ2v) is 10.2. The van der Waals surface area contributed by atoms with E-state index in [4.69, 9.17) is 10.5 Å². The van der Waals surface area contributed by atoms with Crippen LogP contribution >= 0.6 is 0 Å². The first-order valence-electron chi connectivity index (χ1n) is 9.83. The molecule has 5 rings (SSSR count). The van der Waals surface area contributed by atoms with Crippen LogP contribution in [0.3, 0.4) is 0 Å². The van der Waals surface area contributed by atoms with Gasteiger partial charge in [0.1, 0.15) is 15.6 Å². The lowest BCUT2D eigenvalue weighted by molar-refractivity contribution is 0.100. The lowest BCUT2D eigenvalue weighted by Crippen LogP contribution is -2.22. The summed E-state index contributed by atoms with van der Waals surface area (Å²) in [5.74, 6) is 0.989. The van der Waals surface area contributed by atoms with Crippen molar-refractivity contribution in [3.05, 3.63) is 53.2 Å². The fourth-order valence-corrected chi connectivity index (χ4v) is 6.01. The third-order valence-corrected chi connectivity index (χ3v) is 7.82. The summed E-state index contributed by atoms with van der Waals surface area (Å²) in [4.78, 5) is 15.4. The van der Waals surface area contributed by atoms with E-state index >= 15 is 0 Å². The van der Waals surface area contributed by atoms with E-state index in [9.17, 15) is 13.2 Å². The van der Waals surface area contributed by atoms with Crippen LogP contribution in [0.2, 0.25) is 0 Å². The summed E-state index contributed by atoms with van der Waals surface area (Å²) >= 11 is 0. The molecule has 0 aliphatic carbocycles. The molecule has 2 aliphatic heterocycles. The van der Waals surface area contributed by atoms with Crippen molar-refractivity contribution in [2.75, 3.05) is 18.1 Å². The molecule has 0 atom stereocenters. The Bertz CT molecular complexity index is 1230. The normalized spacial score (nSPS) is 18.5. The summed E-state index contributed by atoms with van der Waals surface area (Å²) in [7, 11) is -2.93. The van der Waals surface area contributed by atoms with Crippen LogP contribution in [0, 0.1) is 0 Å². The van der Waals surface area contributed by atoms with E-state index in [-0.39, 0.29) is 17.4 Å². The van der Waals surface area contributed by atoms with Crippen molar-refractivity contribution in [1.29, 1.82) is 0 Å². The van der Waals surface area contributed by atoms with Gasteiger partial charge in [-0.3, -0.25) is 4.79 Å². The number of ether oxygens (including phenoxy) is 1. The Morgan fingerprint density at radius 1 is 1.10 bits per heavy atom. The monoisotopic (exact) mass is 410 g/mol. The zero-order valence-corrected chi connectivity index (χ0v) is 16.7. The van der Waals surface area contributed by atoms with Crippen molar-refractivity contribution >= 4 is 26.6 Å². The summed E-state index contributed by atoms with van der Waals surface area (Å²) in [6.07, 6.45) is 3.98. The number of nitrogens with two attached hydrogens (primary N) is 1. The van der Waals surface area contributed by atoms with Crippen LogP contribution in [0.15, 0.2) is 36.5 Å². The van der Waals surface area contributed by atoms with E-state index in [0.29, 0.717) is 30.5 Å². The van der Waals surface area contributed by atoms with Gasteiger partial charge in [0, 0.05) is 18.0 Å². The molecular formula is C22H22N2O4S. The molecule has 0 unspecified atom stereocenters. The Hall–Kier alpha value is -2.80. The first-order chi connectivity index (χ1) is 13.9. The molecule has 2 aromatic carbocycles. The van der Waals surface area contributed by atoms with E-state index in [1.54, 1.807) is 0 Å². The quantitative estimate of drug-likeness (QED) is 0.692. The molecule has 0 spiro atoms. The van der Waals surface area contributed by atoms with E-state index in [1.807, 2.05) is 24.4 Å². The number of rotatable bonds is 3. The fourth-order valence-electron chi connectivity index (χ4n) is 4.52. The van der Waals surface area contributed by atoms with E-state index < -0.39 is 15.7 Å². The van der Waals surface area contributed by atoms with Gasteiger partial charge in [-0.1, -0.05) is 6.07 Å². The first-order valence-corrected chi connectivity index (χ1v) is 11.6.